The smallest absolute Gasteiger partial charge is 0.0346 e. The Morgan fingerprint density at radius 1 is 0.458 bits per heavy atom. The molecule has 0 saturated carbocycles. The maximum atomic E-state index is 4.23. The van der Waals surface area contributed by atoms with Crippen molar-refractivity contribution in [2.75, 3.05) is 0 Å². The van der Waals surface area contributed by atoms with Crippen molar-refractivity contribution >= 4 is 0 Å². The molecule has 4 aromatic rings. The van der Waals surface area contributed by atoms with E-state index in [1.807, 2.05) is 12.3 Å². The van der Waals surface area contributed by atoms with Crippen LogP contribution in [0, 0.1) is 0 Å². The van der Waals surface area contributed by atoms with E-state index in [4.69, 9.17) is 0 Å². The van der Waals surface area contributed by atoms with E-state index in [0.717, 1.165) is 5.56 Å². The van der Waals surface area contributed by atoms with Crippen LogP contribution >= 0.6 is 0 Å². The molecule has 24 heavy (non-hydrogen) atoms. The van der Waals surface area contributed by atoms with Crippen LogP contribution in [-0.2, 0) is 0 Å². The van der Waals surface area contributed by atoms with Crippen molar-refractivity contribution in [3.63, 3.8) is 0 Å². The summed E-state index contributed by atoms with van der Waals surface area (Å²) >= 11 is 0. The van der Waals surface area contributed by atoms with Gasteiger partial charge in [0.05, 0.1) is 0 Å². The zero-order valence-electron chi connectivity index (χ0n) is 13.3. The van der Waals surface area contributed by atoms with Crippen LogP contribution in [0.5, 0.6) is 0 Å². The molecule has 0 unspecified atom stereocenters. The molecule has 0 fully saturated rings. The highest BCUT2D eigenvalue weighted by molar-refractivity contribution is 5.85. The summed E-state index contributed by atoms with van der Waals surface area (Å²) in [7, 11) is 0. The van der Waals surface area contributed by atoms with E-state index in [0.29, 0.717) is 0 Å². The van der Waals surface area contributed by atoms with E-state index < -0.39 is 0 Å². The number of nitrogens with zero attached hydrogens (tertiary/aromatic N) is 1. The lowest BCUT2D eigenvalue weighted by Crippen LogP contribution is -1.86. The summed E-state index contributed by atoms with van der Waals surface area (Å²) in [5, 5.41) is 0. The molecule has 1 aromatic heterocycles. The highest BCUT2D eigenvalue weighted by Crippen LogP contribution is 2.33. The highest BCUT2D eigenvalue weighted by atomic mass is 14.6. The minimum absolute atomic E-state index is 1.14. The summed E-state index contributed by atoms with van der Waals surface area (Å²) in [6.07, 6.45) is 3.71. The van der Waals surface area contributed by atoms with Gasteiger partial charge in [0.1, 0.15) is 0 Å². The molecule has 1 heteroatoms. The summed E-state index contributed by atoms with van der Waals surface area (Å²) < 4.78 is 0. The summed E-state index contributed by atoms with van der Waals surface area (Å²) in [6, 6.07) is 31.8. The van der Waals surface area contributed by atoms with Crippen LogP contribution in [0.4, 0.5) is 0 Å². The number of benzene rings is 3. The molecule has 4 rings (SSSR count). The number of hydrogen-bond acceptors (Lipinski definition) is 1. The maximum Gasteiger partial charge on any atom is 0.0346 e. The van der Waals surface area contributed by atoms with Crippen LogP contribution < -0.4 is 0 Å². The van der Waals surface area contributed by atoms with Crippen LogP contribution in [0.2, 0.25) is 0 Å². The van der Waals surface area contributed by atoms with Gasteiger partial charge in [0, 0.05) is 18.0 Å². The van der Waals surface area contributed by atoms with E-state index in [1.165, 1.54) is 27.8 Å². The molecule has 0 radical (unpaired) electrons. The lowest BCUT2D eigenvalue weighted by atomic mass is 9.93. The van der Waals surface area contributed by atoms with Crippen molar-refractivity contribution in [1.29, 1.82) is 0 Å². The first kappa shape index (κ1) is 14.4. The van der Waals surface area contributed by atoms with Gasteiger partial charge in [-0.2, -0.15) is 0 Å². The Balaban J connectivity index is 1.84. The quantitative estimate of drug-likeness (QED) is 0.447. The summed E-state index contributed by atoms with van der Waals surface area (Å²) in [5.74, 6) is 0. The molecule has 0 bridgehead atoms. The summed E-state index contributed by atoms with van der Waals surface area (Å²) in [6.45, 7) is 0. The predicted molar refractivity (Wildman–Crippen MR) is 101 cm³/mol. The number of hydrogen-bond donors (Lipinski definition) is 0. The fourth-order valence-electron chi connectivity index (χ4n) is 3.00. The van der Waals surface area contributed by atoms with E-state index in [2.05, 4.69) is 89.9 Å². The van der Waals surface area contributed by atoms with Crippen LogP contribution in [-0.4, -0.2) is 4.98 Å². The fraction of sp³-hybridized carbons (Fsp3) is 0. The van der Waals surface area contributed by atoms with E-state index in [9.17, 15) is 0 Å². The summed E-state index contributed by atoms with van der Waals surface area (Å²) in [4.78, 5) is 4.23. The Morgan fingerprint density at radius 2 is 1.08 bits per heavy atom. The Bertz CT molecular complexity index is 944. The third-order valence-corrected chi connectivity index (χ3v) is 4.18. The lowest BCUT2D eigenvalue weighted by molar-refractivity contribution is 1.33. The Labute approximate surface area is 142 Å². The van der Waals surface area contributed by atoms with Gasteiger partial charge in [0.25, 0.3) is 0 Å². The van der Waals surface area contributed by atoms with Gasteiger partial charge in [0.2, 0.25) is 0 Å². The van der Waals surface area contributed by atoms with Crippen molar-refractivity contribution in [3.05, 3.63) is 103 Å². The van der Waals surface area contributed by atoms with Gasteiger partial charge < -0.3 is 0 Å². The SMILES string of the molecule is c1ccc(-c2ccccc2-c2cccc(-c3cccnc3)c2)cc1. The second-order valence-electron chi connectivity index (χ2n) is 5.73. The molecule has 0 spiro atoms. The highest BCUT2D eigenvalue weighted by Gasteiger charge is 2.07. The fourth-order valence-corrected chi connectivity index (χ4v) is 3.00. The molecule has 1 nitrogen and oxygen atoms in total. The Morgan fingerprint density at radius 3 is 1.83 bits per heavy atom. The van der Waals surface area contributed by atoms with Crippen molar-refractivity contribution in [1.82, 2.24) is 4.98 Å². The van der Waals surface area contributed by atoms with Crippen molar-refractivity contribution in [3.8, 4) is 33.4 Å². The third kappa shape index (κ3) is 2.84. The van der Waals surface area contributed by atoms with Crippen LogP contribution in [0.1, 0.15) is 0 Å². The number of aromatic nitrogens is 1. The lowest BCUT2D eigenvalue weighted by Gasteiger charge is -2.11. The zero-order valence-corrected chi connectivity index (χ0v) is 13.3. The van der Waals surface area contributed by atoms with Crippen molar-refractivity contribution in [2.24, 2.45) is 0 Å². The molecule has 0 aliphatic rings. The minimum Gasteiger partial charge on any atom is -0.264 e. The second kappa shape index (κ2) is 6.51. The van der Waals surface area contributed by atoms with Crippen LogP contribution in [0.15, 0.2) is 103 Å². The van der Waals surface area contributed by atoms with E-state index in [1.54, 1.807) is 6.20 Å². The standard InChI is InChI=1S/C23H17N/c1-2-8-18(9-3-1)22-13-4-5-14-23(22)20-11-6-10-19(16-20)21-12-7-15-24-17-21/h1-17H. The molecular weight excluding hydrogens is 290 g/mol. The molecule has 0 N–H and O–H groups in total. The molecule has 0 amide bonds. The van der Waals surface area contributed by atoms with E-state index in [-0.39, 0.29) is 0 Å². The number of pyridine rings is 1. The molecule has 0 aliphatic carbocycles. The monoisotopic (exact) mass is 307 g/mol. The van der Waals surface area contributed by atoms with Gasteiger partial charge in [-0.1, -0.05) is 78.9 Å². The zero-order chi connectivity index (χ0) is 16.2. The van der Waals surface area contributed by atoms with Gasteiger partial charge in [-0.25, -0.2) is 0 Å². The molecule has 114 valence electrons. The topological polar surface area (TPSA) is 12.9 Å². The van der Waals surface area contributed by atoms with Gasteiger partial charge >= 0.3 is 0 Å². The first-order valence-corrected chi connectivity index (χ1v) is 8.07. The van der Waals surface area contributed by atoms with Crippen molar-refractivity contribution in [2.45, 2.75) is 0 Å². The van der Waals surface area contributed by atoms with Crippen LogP contribution in [0.25, 0.3) is 33.4 Å². The summed E-state index contributed by atoms with van der Waals surface area (Å²) in [5.41, 5.74) is 7.27. The molecule has 1 heterocycles. The van der Waals surface area contributed by atoms with Gasteiger partial charge in [-0.15, -0.1) is 0 Å². The van der Waals surface area contributed by atoms with Crippen molar-refractivity contribution < 1.29 is 0 Å². The molecule has 0 saturated heterocycles. The Hall–Kier alpha value is -3.19. The number of rotatable bonds is 3. The van der Waals surface area contributed by atoms with Gasteiger partial charge in [0.15, 0.2) is 0 Å². The van der Waals surface area contributed by atoms with Gasteiger partial charge in [-0.05, 0) is 39.9 Å². The third-order valence-electron chi connectivity index (χ3n) is 4.18. The molecule has 0 atom stereocenters. The first-order valence-electron chi connectivity index (χ1n) is 8.07. The molecule has 3 aromatic carbocycles. The van der Waals surface area contributed by atoms with E-state index >= 15 is 0 Å². The van der Waals surface area contributed by atoms with Crippen LogP contribution in [0.3, 0.4) is 0 Å². The minimum atomic E-state index is 1.14. The molecular formula is C23H17N. The second-order valence-corrected chi connectivity index (χ2v) is 5.73. The molecule has 0 aliphatic heterocycles. The predicted octanol–water partition coefficient (Wildman–Crippen LogP) is 6.08. The normalized spacial score (nSPS) is 10.5. The Kier molecular flexibility index (Phi) is 3.91. The maximum absolute atomic E-state index is 4.23. The van der Waals surface area contributed by atoms with Gasteiger partial charge in [-0.3, -0.25) is 4.98 Å². The first-order chi connectivity index (χ1) is 11.9. The largest absolute Gasteiger partial charge is 0.264 e. The average Bonchev–Trinajstić information content (AvgIpc) is 2.69. The average molecular weight is 307 g/mol.